The van der Waals surface area contributed by atoms with Crippen molar-refractivity contribution in [3.63, 3.8) is 0 Å². The number of nitrogens with two attached hydrogens (primary N) is 1. The van der Waals surface area contributed by atoms with E-state index in [-0.39, 0.29) is 12.6 Å². The summed E-state index contributed by atoms with van der Waals surface area (Å²) < 4.78 is 5.57. The molecule has 2 rings (SSSR count). The normalized spacial score (nSPS) is 14.1. The fourth-order valence-corrected chi connectivity index (χ4v) is 2.93. The van der Waals surface area contributed by atoms with Crippen LogP contribution in [0.3, 0.4) is 0 Å². The zero-order valence-corrected chi connectivity index (χ0v) is 13.2. The Hall–Kier alpha value is -1.56. The molecule has 0 aliphatic carbocycles. The monoisotopic (exact) mass is 306 g/mol. The van der Waals surface area contributed by atoms with Crippen molar-refractivity contribution in [3.05, 3.63) is 46.7 Å². The molecule has 1 aromatic heterocycles. The lowest BCUT2D eigenvalue weighted by Crippen LogP contribution is -2.34. The number of benzene rings is 1. The highest BCUT2D eigenvalue weighted by Crippen LogP contribution is 2.23. The summed E-state index contributed by atoms with van der Waals surface area (Å²) >= 11 is 1.73. The van der Waals surface area contributed by atoms with Crippen molar-refractivity contribution in [1.29, 1.82) is 0 Å². The van der Waals surface area contributed by atoms with Crippen LogP contribution in [-0.2, 0) is 0 Å². The van der Waals surface area contributed by atoms with Crippen LogP contribution in [0.25, 0.3) is 0 Å². The van der Waals surface area contributed by atoms with Crippen LogP contribution in [0, 0.1) is 0 Å². The molecule has 1 aromatic carbocycles. The molecule has 0 saturated carbocycles. The molecule has 1 heterocycles. The largest absolute Gasteiger partial charge is 0.491 e. The van der Waals surface area contributed by atoms with Crippen molar-refractivity contribution in [2.24, 2.45) is 0 Å². The van der Waals surface area contributed by atoms with Crippen LogP contribution in [0.1, 0.15) is 17.8 Å². The van der Waals surface area contributed by atoms with Crippen LogP contribution in [0.15, 0.2) is 41.8 Å². The first-order chi connectivity index (χ1) is 10.1. The van der Waals surface area contributed by atoms with Crippen LogP contribution in [0.2, 0.25) is 0 Å². The Labute approximate surface area is 129 Å². The summed E-state index contributed by atoms with van der Waals surface area (Å²) in [5.74, 6) is 0.683. The van der Waals surface area contributed by atoms with Gasteiger partial charge in [0.15, 0.2) is 0 Å². The maximum atomic E-state index is 10.1. The molecular formula is C16H22N2O2S. The summed E-state index contributed by atoms with van der Waals surface area (Å²) in [4.78, 5) is 3.42. The fraction of sp³-hybridized carbons (Fsp3) is 0.375. The Morgan fingerprint density at radius 3 is 2.81 bits per heavy atom. The van der Waals surface area contributed by atoms with Gasteiger partial charge in [-0.3, -0.25) is 4.90 Å². The van der Waals surface area contributed by atoms with Gasteiger partial charge < -0.3 is 15.6 Å². The third-order valence-corrected chi connectivity index (χ3v) is 4.46. The Balaban J connectivity index is 1.80. The summed E-state index contributed by atoms with van der Waals surface area (Å²) in [6.07, 6.45) is -0.543. The molecule has 3 N–H and O–H groups in total. The van der Waals surface area contributed by atoms with E-state index in [1.807, 2.05) is 25.2 Å². The lowest BCUT2D eigenvalue weighted by molar-refractivity contribution is 0.0658. The first-order valence-electron chi connectivity index (χ1n) is 6.96. The van der Waals surface area contributed by atoms with Gasteiger partial charge in [0.05, 0.1) is 0 Å². The first-order valence-corrected chi connectivity index (χ1v) is 7.84. The number of hydrogen-bond acceptors (Lipinski definition) is 5. The number of aliphatic hydroxyl groups excluding tert-OH is 1. The van der Waals surface area contributed by atoms with Crippen LogP contribution in [-0.4, -0.2) is 36.3 Å². The van der Waals surface area contributed by atoms with Gasteiger partial charge in [-0.25, -0.2) is 0 Å². The third kappa shape index (κ3) is 4.74. The van der Waals surface area contributed by atoms with Gasteiger partial charge in [0.25, 0.3) is 0 Å². The fourth-order valence-electron chi connectivity index (χ4n) is 2.09. The van der Waals surface area contributed by atoms with Gasteiger partial charge in [0.1, 0.15) is 18.5 Å². The zero-order valence-electron chi connectivity index (χ0n) is 12.4. The number of thiophene rings is 1. The van der Waals surface area contributed by atoms with Gasteiger partial charge in [-0.15, -0.1) is 11.3 Å². The summed E-state index contributed by atoms with van der Waals surface area (Å²) in [6, 6.07) is 11.7. The molecule has 0 saturated heterocycles. The Morgan fingerprint density at radius 2 is 2.14 bits per heavy atom. The number of hydrogen-bond donors (Lipinski definition) is 2. The molecular weight excluding hydrogens is 284 g/mol. The summed E-state index contributed by atoms with van der Waals surface area (Å²) in [5, 5.41) is 12.2. The molecule has 0 aliphatic rings. The van der Waals surface area contributed by atoms with E-state index in [9.17, 15) is 5.11 Å². The summed E-state index contributed by atoms with van der Waals surface area (Å²) in [5.41, 5.74) is 6.35. The van der Waals surface area contributed by atoms with E-state index < -0.39 is 6.10 Å². The minimum Gasteiger partial charge on any atom is -0.491 e. The number of nitrogens with zero attached hydrogens (tertiary/aromatic N) is 1. The molecule has 0 radical (unpaired) electrons. The minimum absolute atomic E-state index is 0.255. The second kappa shape index (κ2) is 7.45. The topological polar surface area (TPSA) is 58.7 Å². The van der Waals surface area contributed by atoms with Gasteiger partial charge in [-0.1, -0.05) is 12.1 Å². The van der Waals surface area contributed by atoms with Gasteiger partial charge in [-0.05, 0) is 37.6 Å². The van der Waals surface area contributed by atoms with E-state index in [0.29, 0.717) is 18.0 Å². The van der Waals surface area contributed by atoms with Crippen molar-refractivity contribution >= 4 is 17.0 Å². The second-order valence-corrected chi connectivity index (χ2v) is 6.15. The number of likely N-dealkylation sites (N-methyl/N-ethyl adjacent to an activating group) is 1. The van der Waals surface area contributed by atoms with Gasteiger partial charge >= 0.3 is 0 Å². The molecule has 5 heteroatoms. The number of rotatable bonds is 7. The lowest BCUT2D eigenvalue weighted by Gasteiger charge is -2.26. The zero-order chi connectivity index (χ0) is 15.2. The SMILES string of the molecule is CC(c1cccs1)N(C)CC(O)COc1cccc(N)c1. The predicted molar refractivity (Wildman–Crippen MR) is 87.7 cm³/mol. The van der Waals surface area contributed by atoms with Crippen molar-refractivity contribution < 1.29 is 9.84 Å². The van der Waals surface area contributed by atoms with Gasteiger partial charge in [-0.2, -0.15) is 0 Å². The lowest BCUT2D eigenvalue weighted by atomic mass is 10.2. The van der Waals surface area contributed by atoms with Crippen LogP contribution in [0.4, 0.5) is 5.69 Å². The van der Waals surface area contributed by atoms with E-state index in [4.69, 9.17) is 10.5 Å². The molecule has 2 unspecified atom stereocenters. The maximum absolute atomic E-state index is 10.1. The molecule has 0 spiro atoms. The average molecular weight is 306 g/mol. The summed E-state index contributed by atoms with van der Waals surface area (Å²) in [6.45, 7) is 2.95. The second-order valence-electron chi connectivity index (χ2n) is 5.17. The molecule has 0 bridgehead atoms. The molecule has 114 valence electrons. The number of anilines is 1. The molecule has 0 fully saturated rings. The summed E-state index contributed by atoms with van der Waals surface area (Å²) in [7, 11) is 2.01. The molecule has 0 amide bonds. The minimum atomic E-state index is -0.543. The smallest absolute Gasteiger partial charge is 0.121 e. The van der Waals surface area contributed by atoms with Crippen molar-refractivity contribution in [3.8, 4) is 5.75 Å². The third-order valence-electron chi connectivity index (χ3n) is 3.42. The number of nitrogen functional groups attached to an aromatic ring is 1. The van der Waals surface area contributed by atoms with Crippen molar-refractivity contribution in [2.75, 3.05) is 25.9 Å². The Morgan fingerprint density at radius 1 is 1.33 bits per heavy atom. The molecule has 0 aliphatic heterocycles. The number of ether oxygens (including phenoxy) is 1. The molecule has 4 nitrogen and oxygen atoms in total. The van der Waals surface area contributed by atoms with Crippen LogP contribution >= 0.6 is 11.3 Å². The highest BCUT2D eigenvalue weighted by atomic mass is 32.1. The predicted octanol–water partition coefficient (Wildman–Crippen LogP) is 2.76. The molecule has 21 heavy (non-hydrogen) atoms. The van der Waals surface area contributed by atoms with Crippen molar-refractivity contribution in [2.45, 2.75) is 19.1 Å². The van der Waals surface area contributed by atoms with E-state index in [1.165, 1.54) is 4.88 Å². The molecule has 2 atom stereocenters. The Kier molecular flexibility index (Phi) is 5.61. The van der Waals surface area contributed by atoms with E-state index in [1.54, 1.807) is 23.5 Å². The van der Waals surface area contributed by atoms with Crippen molar-refractivity contribution in [1.82, 2.24) is 4.90 Å². The first kappa shape index (κ1) is 15.8. The highest BCUT2D eigenvalue weighted by Gasteiger charge is 2.16. The molecule has 2 aromatic rings. The number of aliphatic hydroxyl groups is 1. The Bertz CT molecular complexity index is 545. The maximum Gasteiger partial charge on any atom is 0.121 e. The highest BCUT2D eigenvalue weighted by molar-refractivity contribution is 7.10. The van der Waals surface area contributed by atoms with Crippen LogP contribution < -0.4 is 10.5 Å². The van der Waals surface area contributed by atoms with E-state index in [2.05, 4.69) is 23.3 Å². The standard InChI is InChI=1S/C16H22N2O2S/c1-12(16-7-4-8-21-16)18(2)10-14(19)11-20-15-6-3-5-13(17)9-15/h3-9,12,14,19H,10-11,17H2,1-2H3. The van der Waals surface area contributed by atoms with Gasteiger partial charge in [0, 0.05) is 29.2 Å². The van der Waals surface area contributed by atoms with Crippen LogP contribution in [0.5, 0.6) is 5.75 Å². The van der Waals surface area contributed by atoms with E-state index in [0.717, 1.165) is 0 Å². The van der Waals surface area contributed by atoms with Gasteiger partial charge in [0.2, 0.25) is 0 Å². The quantitative estimate of drug-likeness (QED) is 0.772. The average Bonchev–Trinajstić information content (AvgIpc) is 2.98. The van der Waals surface area contributed by atoms with E-state index >= 15 is 0 Å².